The summed E-state index contributed by atoms with van der Waals surface area (Å²) in [4.78, 5) is 20.2. The molecule has 3 rings (SSSR count). The number of benzene rings is 1. The summed E-state index contributed by atoms with van der Waals surface area (Å²) in [6, 6.07) is 3.86. The molecule has 1 aromatic carbocycles. The first-order chi connectivity index (χ1) is 7.36. The third-order valence-corrected chi connectivity index (χ3v) is 2.61. The van der Waals surface area contributed by atoms with E-state index < -0.39 is 0 Å². The van der Waals surface area contributed by atoms with Crippen molar-refractivity contribution in [1.29, 1.82) is 0 Å². The van der Waals surface area contributed by atoms with E-state index in [-0.39, 0.29) is 5.91 Å². The lowest BCUT2D eigenvalue weighted by Crippen LogP contribution is -2.24. The smallest absolute Gasteiger partial charge is 0.254 e. The summed E-state index contributed by atoms with van der Waals surface area (Å²) in [5, 5.41) is 2.78. The van der Waals surface area contributed by atoms with Gasteiger partial charge in [-0.25, -0.2) is 0 Å². The van der Waals surface area contributed by atoms with E-state index in [2.05, 4.69) is 15.3 Å². The summed E-state index contributed by atoms with van der Waals surface area (Å²) in [7, 11) is 0. The highest BCUT2D eigenvalue weighted by atomic mass is 16.1. The second-order valence-electron chi connectivity index (χ2n) is 3.52. The molecule has 2 aliphatic heterocycles. The van der Waals surface area contributed by atoms with E-state index >= 15 is 0 Å². The molecule has 0 atom stereocenters. The van der Waals surface area contributed by atoms with Crippen LogP contribution in [0.2, 0.25) is 0 Å². The molecule has 0 saturated carbocycles. The molecule has 1 aromatic rings. The highest BCUT2D eigenvalue weighted by Gasteiger charge is 2.21. The number of fused-ring (bicyclic) bond motifs is 3. The molecule has 1 N–H and O–H groups in total. The molecule has 0 saturated heterocycles. The van der Waals surface area contributed by atoms with Crippen LogP contribution in [-0.2, 0) is 6.54 Å². The standard InChI is InChI=1S/C11H9N3O/c15-11-10-8-6-12-5-7(8)1-2-9(10)13-3-4-14-11/h1-3,6H,4-5H2,(H,14,15). The van der Waals surface area contributed by atoms with Gasteiger partial charge in [-0.3, -0.25) is 14.8 Å². The molecule has 0 aliphatic carbocycles. The molecule has 4 nitrogen and oxygen atoms in total. The van der Waals surface area contributed by atoms with E-state index in [0.29, 0.717) is 18.7 Å². The first kappa shape index (κ1) is 8.35. The number of nitrogens with one attached hydrogen (secondary N) is 1. The topological polar surface area (TPSA) is 53.8 Å². The lowest BCUT2D eigenvalue weighted by atomic mass is 10.0. The maximum atomic E-state index is 11.8. The number of carbonyl (C=O) groups excluding carboxylic acids is 1. The normalized spacial score (nSPS) is 16.9. The van der Waals surface area contributed by atoms with Gasteiger partial charge in [0.1, 0.15) is 0 Å². The molecule has 0 radical (unpaired) electrons. The Hall–Kier alpha value is -1.97. The van der Waals surface area contributed by atoms with Crippen molar-refractivity contribution in [3.8, 4) is 0 Å². The monoisotopic (exact) mass is 199 g/mol. The fraction of sp³-hybridized carbons (Fsp3) is 0.182. The van der Waals surface area contributed by atoms with Gasteiger partial charge in [-0.2, -0.15) is 0 Å². The highest BCUT2D eigenvalue weighted by molar-refractivity contribution is 6.09. The fourth-order valence-corrected chi connectivity index (χ4v) is 1.89. The zero-order chi connectivity index (χ0) is 10.3. The molecule has 0 fully saturated rings. The summed E-state index contributed by atoms with van der Waals surface area (Å²) < 4.78 is 0. The van der Waals surface area contributed by atoms with Crippen molar-refractivity contribution in [2.24, 2.45) is 9.98 Å². The van der Waals surface area contributed by atoms with Gasteiger partial charge in [-0.15, -0.1) is 0 Å². The van der Waals surface area contributed by atoms with Crippen LogP contribution in [0, 0.1) is 0 Å². The Morgan fingerprint density at radius 1 is 1.33 bits per heavy atom. The third-order valence-electron chi connectivity index (χ3n) is 2.61. The van der Waals surface area contributed by atoms with Gasteiger partial charge in [0.25, 0.3) is 5.91 Å². The molecule has 74 valence electrons. The zero-order valence-electron chi connectivity index (χ0n) is 8.03. The molecule has 15 heavy (non-hydrogen) atoms. The second-order valence-corrected chi connectivity index (χ2v) is 3.52. The van der Waals surface area contributed by atoms with Crippen LogP contribution >= 0.6 is 0 Å². The SMILES string of the molecule is O=C1NCC=Nc2ccc3c(c21)C=NC3. The van der Waals surface area contributed by atoms with Gasteiger partial charge in [0.15, 0.2) is 0 Å². The molecule has 4 heteroatoms. The summed E-state index contributed by atoms with van der Waals surface area (Å²) >= 11 is 0. The van der Waals surface area contributed by atoms with Crippen LogP contribution in [0.3, 0.4) is 0 Å². The van der Waals surface area contributed by atoms with Crippen LogP contribution in [0.4, 0.5) is 5.69 Å². The largest absolute Gasteiger partial charge is 0.347 e. The first-order valence-electron chi connectivity index (χ1n) is 4.83. The van der Waals surface area contributed by atoms with Crippen LogP contribution in [0.1, 0.15) is 21.5 Å². The fourth-order valence-electron chi connectivity index (χ4n) is 1.89. The number of hydrogen-bond donors (Lipinski definition) is 1. The van der Waals surface area contributed by atoms with Gasteiger partial charge in [0.2, 0.25) is 0 Å². The number of aliphatic imine (C=N–C) groups is 2. The van der Waals surface area contributed by atoms with Gasteiger partial charge in [0, 0.05) is 18.0 Å². The minimum atomic E-state index is -0.0623. The van der Waals surface area contributed by atoms with Crippen molar-refractivity contribution >= 4 is 24.0 Å². The van der Waals surface area contributed by atoms with Crippen molar-refractivity contribution in [3.05, 3.63) is 28.8 Å². The van der Waals surface area contributed by atoms with E-state index in [1.807, 2.05) is 12.1 Å². The van der Waals surface area contributed by atoms with Crippen molar-refractivity contribution in [1.82, 2.24) is 5.32 Å². The molecule has 0 unspecified atom stereocenters. The molecule has 2 aliphatic rings. The van der Waals surface area contributed by atoms with E-state index in [1.54, 1.807) is 12.4 Å². The molecule has 0 bridgehead atoms. The van der Waals surface area contributed by atoms with Crippen molar-refractivity contribution in [2.45, 2.75) is 6.54 Å². The van der Waals surface area contributed by atoms with Gasteiger partial charge in [-0.1, -0.05) is 6.07 Å². The first-order valence-corrected chi connectivity index (χ1v) is 4.83. The van der Waals surface area contributed by atoms with Gasteiger partial charge in [-0.05, 0) is 11.6 Å². The Morgan fingerprint density at radius 2 is 2.27 bits per heavy atom. The summed E-state index contributed by atoms with van der Waals surface area (Å²) in [5.41, 5.74) is 3.41. The van der Waals surface area contributed by atoms with Crippen LogP contribution in [0.15, 0.2) is 22.1 Å². The minimum absolute atomic E-state index is 0.0623. The molecule has 0 spiro atoms. The Morgan fingerprint density at radius 3 is 3.20 bits per heavy atom. The number of rotatable bonds is 0. The Bertz CT molecular complexity index is 503. The average Bonchev–Trinajstić information content (AvgIpc) is 2.63. The highest BCUT2D eigenvalue weighted by Crippen LogP contribution is 2.28. The lowest BCUT2D eigenvalue weighted by molar-refractivity contribution is 0.0961. The molecular weight excluding hydrogens is 190 g/mol. The van der Waals surface area contributed by atoms with Crippen LogP contribution in [-0.4, -0.2) is 24.9 Å². The molecule has 1 amide bonds. The molecule has 0 aromatic heterocycles. The minimum Gasteiger partial charge on any atom is -0.347 e. The number of nitrogens with zero attached hydrogens (tertiary/aromatic N) is 2. The third kappa shape index (κ3) is 1.18. The van der Waals surface area contributed by atoms with Crippen molar-refractivity contribution in [2.75, 3.05) is 6.54 Å². The van der Waals surface area contributed by atoms with Crippen molar-refractivity contribution < 1.29 is 4.79 Å². The van der Waals surface area contributed by atoms with Gasteiger partial charge in [0.05, 0.1) is 24.3 Å². The van der Waals surface area contributed by atoms with E-state index in [1.165, 1.54) is 0 Å². The molecule has 2 heterocycles. The zero-order valence-corrected chi connectivity index (χ0v) is 8.03. The van der Waals surface area contributed by atoms with Gasteiger partial charge < -0.3 is 5.32 Å². The van der Waals surface area contributed by atoms with Crippen LogP contribution in [0.25, 0.3) is 0 Å². The molecular formula is C11H9N3O. The van der Waals surface area contributed by atoms with Crippen LogP contribution < -0.4 is 5.32 Å². The van der Waals surface area contributed by atoms with Crippen molar-refractivity contribution in [3.63, 3.8) is 0 Å². The Labute approximate surface area is 86.7 Å². The summed E-state index contributed by atoms with van der Waals surface area (Å²) in [6.45, 7) is 1.15. The number of amides is 1. The second kappa shape index (κ2) is 3.02. The maximum absolute atomic E-state index is 11.8. The Balaban J connectivity index is 2.29. The predicted octanol–water partition coefficient (Wildman–Crippen LogP) is 1.06. The van der Waals surface area contributed by atoms with E-state index in [4.69, 9.17) is 0 Å². The van der Waals surface area contributed by atoms with E-state index in [0.717, 1.165) is 16.8 Å². The van der Waals surface area contributed by atoms with Gasteiger partial charge >= 0.3 is 0 Å². The summed E-state index contributed by atoms with van der Waals surface area (Å²) in [5.74, 6) is -0.0623. The van der Waals surface area contributed by atoms with Crippen LogP contribution in [0.5, 0.6) is 0 Å². The lowest BCUT2D eigenvalue weighted by Gasteiger charge is -2.07. The maximum Gasteiger partial charge on any atom is 0.254 e. The average molecular weight is 199 g/mol. The Kier molecular flexibility index (Phi) is 1.68. The number of hydrogen-bond acceptors (Lipinski definition) is 3. The summed E-state index contributed by atoms with van der Waals surface area (Å²) in [6.07, 6.45) is 3.47. The predicted molar refractivity (Wildman–Crippen MR) is 58.2 cm³/mol. The number of carbonyl (C=O) groups is 1. The quantitative estimate of drug-likeness (QED) is 0.667. The van der Waals surface area contributed by atoms with E-state index in [9.17, 15) is 4.79 Å².